The van der Waals surface area contributed by atoms with E-state index in [4.69, 9.17) is 4.74 Å². The van der Waals surface area contributed by atoms with Crippen molar-refractivity contribution < 1.29 is 14.3 Å². The summed E-state index contributed by atoms with van der Waals surface area (Å²) in [4.78, 5) is 21.7. The molecule has 0 fully saturated rings. The van der Waals surface area contributed by atoms with Gasteiger partial charge in [0.05, 0.1) is 6.10 Å². The zero-order valence-corrected chi connectivity index (χ0v) is 10.0. The maximum Gasteiger partial charge on any atom is 0.313 e. The molecule has 1 atom stereocenters. The van der Waals surface area contributed by atoms with E-state index in [0.717, 1.165) is 12.8 Å². The molecule has 0 amide bonds. The number of unbranched alkanes of at least 4 members (excludes halogenated alkanes) is 3. The van der Waals surface area contributed by atoms with Crippen molar-refractivity contribution in [3.8, 4) is 0 Å². The highest BCUT2D eigenvalue weighted by Gasteiger charge is 2.10. The molecular weight excluding hydrogens is 192 g/mol. The van der Waals surface area contributed by atoms with Crippen LogP contribution in [0.1, 0.15) is 59.3 Å². The van der Waals surface area contributed by atoms with Crippen molar-refractivity contribution in [2.75, 3.05) is 0 Å². The molecule has 0 saturated heterocycles. The fourth-order valence-corrected chi connectivity index (χ4v) is 1.39. The molecule has 0 radical (unpaired) electrons. The molecule has 0 heterocycles. The van der Waals surface area contributed by atoms with Crippen molar-refractivity contribution in [1.29, 1.82) is 0 Å². The molecule has 1 unspecified atom stereocenters. The summed E-state index contributed by atoms with van der Waals surface area (Å²) in [6.45, 7) is 5.44. The molecule has 0 bridgehead atoms. The predicted octanol–water partition coefficient (Wildman–Crippen LogP) is 2.87. The zero-order chi connectivity index (χ0) is 11.7. The van der Waals surface area contributed by atoms with Gasteiger partial charge in [-0.1, -0.05) is 26.2 Å². The summed E-state index contributed by atoms with van der Waals surface area (Å²) in [5, 5.41) is 0. The quantitative estimate of drug-likeness (QED) is 0.354. The second-order valence-electron chi connectivity index (χ2n) is 4.03. The van der Waals surface area contributed by atoms with Crippen molar-refractivity contribution >= 4 is 11.8 Å². The molecule has 0 saturated carbocycles. The topological polar surface area (TPSA) is 43.4 Å². The summed E-state index contributed by atoms with van der Waals surface area (Å²) in [5.41, 5.74) is 0. The van der Waals surface area contributed by atoms with Gasteiger partial charge in [0.15, 0.2) is 0 Å². The summed E-state index contributed by atoms with van der Waals surface area (Å²) < 4.78 is 5.08. The Morgan fingerprint density at radius 3 is 2.40 bits per heavy atom. The lowest BCUT2D eigenvalue weighted by Gasteiger charge is -2.12. The van der Waals surface area contributed by atoms with E-state index in [0.29, 0.717) is 0 Å². The molecule has 0 aliphatic heterocycles. The van der Waals surface area contributed by atoms with Crippen LogP contribution >= 0.6 is 0 Å². The summed E-state index contributed by atoms with van der Waals surface area (Å²) in [5.74, 6) is -0.538. The lowest BCUT2D eigenvalue weighted by molar-refractivity contribution is -0.150. The first-order valence-electron chi connectivity index (χ1n) is 5.75. The van der Waals surface area contributed by atoms with E-state index in [9.17, 15) is 9.59 Å². The van der Waals surface area contributed by atoms with E-state index >= 15 is 0 Å². The molecular formula is C12H22O3. The Bertz CT molecular complexity index is 199. The van der Waals surface area contributed by atoms with Gasteiger partial charge in [0, 0.05) is 0 Å². The standard InChI is InChI=1S/C12H22O3/c1-4-5-6-7-8-11(3)15-12(14)9-10(2)13/h11H,4-9H2,1-3H3. The first-order chi connectivity index (χ1) is 7.06. The Morgan fingerprint density at radius 1 is 1.20 bits per heavy atom. The third kappa shape index (κ3) is 9.44. The first-order valence-corrected chi connectivity index (χ1v) is 5.75. The van der Waals surface area contributed by atoms with Crippen molar-refractivity contribution in [1.82, 2.24) is 0 Å². The van der Waals surface area contributed by atoms with E-state index in [1.165, 1.54) is 26.2 Å². The van der Waals surface area contributed by atoms with Gasteiger partial charge in [0.2, 0.25) is 0 Å². The van der Waals surface area contributed by atoms with Gasteiger partial charge in [-0.05, 0) is 26.7 Å². The SMILES string of the molecule is CCCCCCC(C)OC(=O)CC(C)=O. The largest absolute Gasteiger partial charge is 0.462 e. The number of carbonyl (C=O) groups is 2. The average molecular weight is 214 g/mol. The Balaban J connectivity index is 3.51. The maximum atomic E-state index is 11.1. The molecule has 0 aromatic heterocycles. The smallest absolute Gasteiger partial charge is 0.313 e. The summed E-state index contributed by atoms with van der Waals surface area (Å²) in [7, 11) is 0. The van der Waals surface area contributed by atoms with Gasteiger partial charge in [-0.2, -0.15) is 0 Å². The fourth-order valence-electron chi connectivity index (χ4n) is 1.39. The predicted molar refractivity (Wildman–Crippen MR) is 59.6 cm³/mol. The number of Topliss-reactive ketones (excluding diaryl/α,β-unsaturated/α-hetero) is 1. The molecule has 0 rings (SSSR count). The molecule has 3 heteroatoms. The Labute approximate surface area is 92.2 Å². The molecule has 15 heavy (non-hydrogen) atoms. The van der Waals surface area contributed by atoms with Gasteiger partial charge in [0.25, 0.3) is 0 Å². The number of carbonyl (C=O) groups excluding carboxylic acids is 2. The van der Waals surface area contributed by atoms with Crippen LogP contribution in [0.3, 0.4) is 0 Å². The first kappa shape index (κ1) is 14.1. The third-order valence-electron chi connectivity index (χ3n) is 2.19. The van der Waals surface area contributed by atoms with Crippen LogP contribution in [-0.4, -0.2) is 17.9 Å². The van der Waals surface area contributed by atoms with E-state index in [1.54, 1.807) is 0 Å². The minimum atomic E-state index is -0.398. The number of ether oxygens (including phenoxy) is 1. The van der Waals surface area contributed by atoms with Crippen LogP contribution in [0.25, 0.3) is 0 Å². The normalized spacial score (nSPS) is 12.2. The molecule has 0 aromatic carbocycles. The minimum absolute atomic E-state index is 0.0614. The van der Waals surface area contributed by atoms with Crippen LogP contribution in [0.15, 0.2) is 0 Å². The highest BCUT2D eigenvalue weighted by Crippen LogP contribution is 2.08. The van der Waals surface area contributed by atoms with E-state index < -0.39 is 5.97 Å². The number of hydrogen-bond acceptors (Lipinski definition) is 3. The molecule has 0 aromatic rings. The van der Waals surface area contributed by atoms with Gasteiger partial charge >= 0.3 is 5.97 Å². The summed E-state index contributed by atoms with van der Waals surface area (Å²) >= 11 is 0. The fraction of sp³-hybridized carbons (Fsp3) is 0.833. The monoisotopic (exact) mass is 214 g/mol. The molecule has 0 spiro atoms. The lowest BCUT2D eigenvalue weighted by atomic mass is 10.1. The highest BCUT2D eigenvalue weighted by molar-refractivity contribution is 5.94. The van der Waals surface area contributed by atoms with Crippen molar-refractivity contribution in [3.05, 3.63) is 0 Å². The summed E-state index contributed by atoms with van der Waals surface area (Å²) in [6.07, 6.45) is 5.44. The van der Waals surface area contributed by atoms with E-state index in [-0.39, 0.29) is 18.3 Å². The van der Waals surface area contributed by atoms with Crippen molar-refractivity contribution in [3.63, 3.8) is 0 Å². The highest BCUT2D eigenvalue weighted by atomic mass is 16.5. The van der Waals surface area contributed by atoms with Crippen LogP contribution in [-0.2, 0) is 14.3 Å². The maximum absolute atomic E-state index is 11.1. The van der Waals surface area contributed by atoms with Crippen LogP contribution in [0.5, 0.6) is 0 Å². The van der Waals surface area contributed by atoms with Crippen molar-refractivity contribution in [2.45, 2.75) is 65.4 Å². The van der Waals surface area contributed by atoms with Crippen LogP contribution in [0, 0.1) is 0 Å². The number of ketones is 1. The Kier molecular flexibility index (Phi) is 7.96. The Morgan fingerprint density at radius 2 is 1.87 bits per heavy atom. The second kappa shape index (κ2) is 8.45. The van der Waals surface area contributed by atoms with Gasteiger partial charge in [-0.15, -0.1) is 0 Å². The van der Waals surface area contributed by atoms with Gasteiger partial charge in [-0.25, -0.2) is 0 Å². The van der Waals surface area contributed by atoms with Gasteiger partial charge in [-0.3, -0.25) is 9.59 Å². The van der Waals surface area contributed by atoms with Crippen molar-refractivity contribution in [2.24, 2.45) is 0 Å². The van der Waals surface area contributed by atoms with E-state index in [1.807, 2.05) is 6.92 Å². The lowest BCUT2D eigenvalue weighted by Crippen LogP contribution is -2.16. The molecule has 0 aliphatic carbocycles. The van der Waals surface area contributed by atoms with E-state index in [2.05, 4.69) is 6.92 Å². The van der Waals surface area contributed by atoms with Crippen LogP contribution < -0.4 is 0 Å². The second-order valence-corrected chi connectivity index (χ2v) is 4.03. The zero-order valence-electron chi connectivity index (χ0n) is 10.0. The average Bonchev–Trinajstić information content (AvgIpc) is 2.10. The minimum Gasteiger partial charge on any atom is -0.462 e. The third-order valence-corrected chi connectivity index (χ3v) is 2.19. The number of hydrogen-bond donors (Lipinski definition) is 0. The number of rotatable bonds is 8. The van der Waals surface area contributed by atoms with Gasteiger partial charge < -0.3 is 4.74 Å². The number of esters is 1. The molecule has 0 N–H and O–H groups in total. The summed E-state index contributed by atoms with van der Waals surface area (Å²) in [6, 6.07) is 0. The molecule has 3 nitrogen and oxygen atoms in total. The molecule has 0 aliphatic rings. The van der Waals surface area contributed by atoms with Crippen LogP contribution in [0.2, 0.25) is 0 Å². The Hall–Kier alpha value is -0.860. The molecule has 88 valence electrons. The van der Waals surface area contributed by atoms with Gasteiger partial charge in [0.1, 0.15) is 12.2 Å². The van der Waals surface area contributed by atoms with Crippen LogP contribution in [0.4, 0.5) is 0 Å².